The van der Waals surface area contributed by atoms with Gasteiger partial charge in [0.25, 0.3) is 0 Å². The van der Waals surface area contributed by atoms with Gasteiger partial charge in [-0.3, -0.25) is 0 Å². The second-order valence-electron chi connectivity index (χ2n) is 3.75. The van der Waals surface area contributed by atoms with E-state index in [2.05, 4.69) is 6.58 Å². The second-order valence-corrected chi connectivity index (χ2v) is 3.75. The summed E-state index contributed by atoms with van der Waals surface area (Å²) in [4.78, 5) is 11.1. The predicted molar refractivity (Wildman–Crippen MR) is 65.9 cm³/mol. The van der Waals surface area contributed by atoms with Gasteiger partial charge in [-0.25, -0.2) is 4.79 Å². The van der Waals surface area contributed by atoms with Crippen LogP contribution in [0.4, 0.5) is 0 Å². The molecule has 0 saturated carbocycles. The number of benzene rings is 1. The molecule has 17 heavy (non-hydrogen) atoms. The van der Waals surface area contributed by atoms with Crippen LogP contribution in [0, 0.1) is 0 Å². The molecule has 0 fully saturated rings. The lowest BCUT2D eigenvalue weighted by Crippen LogP contribution is -2.44. The van der Waals surface area contributed by atoms with Crippen molar-refractivity contribution < 1.29 is 14.6 Å². The molecule has 0 bridgehead atoms. The number of rotatable bonds is 6. The van der Waals surface area contributed by atoms with Gasteiger partial charge >= 0.3 is 5.97 Å². The Morgan fingerprint density at radius 3 is 2.53 bits per heavy atom. The third-order valence-corrected chi connectivity index (χ3v) is 2.68. The lowest BCUT2D eigenvalue weighted by Gasteiger charge is -2.23. The van der Waals surface area contributed by atoms with Crippen molar-refractivity contribution in [1.82, 2.24) is 0 Å². The van der Waals surface area contributed by atoms with Crippen LogP contribution in [-0.4, -0.2) is 17.7 Å². The summed E-state index contributed by atoms with van der Waals surface area (Å²) in [5, 5.41) is 9.13. The first-order valence-corrected chi connectivity index (χ1v) is 5.41. The Hall–Kier alpha value is -1.81. The smallest absolute Gasteiger partial charge is 0.328 e. The highest BCUT2D eigenvalue weighted by molar-refractivity contribution is 5.80. The standard InChI is InChI=1S/C13H17NO3/c1-3-9-17-11-7-5-10(6-8-11)13(14,4-2)12(15)16/h3,5-8H,1,4,9,14H2,2H3,(H,15,16)/t13-/m0/s1. The molecule has 1 atom stereocenters. The Labute approximate surface area is 101 Å². The van der Waals surface area contributed by atoms with Crippen molar-refractivity contribution in [2.45, 2.75) is 18.9 Å². The SMILES string of the molecule is C=CCOc1ccc([C@@](N)(CC)C(=O)O)cc1. The van der Waals surface area contributed by atoms with Gasteiger partial charge in [0.1, 0.15) is 17.9 Å². The minimum Gasteiger partial charge on any atom is -0.490 e. The minimum absolute atomic E-state index is 0.329. The van der Waals surface area contributed by atoms with E-state index >= 15 is 0 Å². The fraction of sp³-hybridized carbons (Fsp3) is 0.308. The first kappa shape index (κ1) is 13.3. The molecule has 0 amide bonds. The van der Waals surface area contributed by atoms with Crippen molar-refractivity contribution in [3.05, 3.63) is 42.5 Å². The van der Waals surface area contributed by atoms with Crippen molar-refractivity contribution >= 4 is 5.97 Å². The van der Waals surface area contributed by atoms with E-state index in [0.717, 1.165) is 0 Å². The molecule has 1 aromatic carbocycles. The van der Waals surface area contributed by atoms with Gasteiger partial charge < -0.3 is 15.6 Å². The van der Waals surface area contributed by atoms with Gasteiger partial charge in [0.05, 0.1) is 0 Å². The third-order valence-electron chi connectivity index (χ3n) is 2.68. The van der Waals surface area contributed by atoms with Crippen LogP contribution in [0.2, 0.25) is 0 Å². The number of ether oxygens (including phenoxy) is 1. The topological polar surface area (TPSA) is 72.5 Å². The van der Waals surface area contributed by atoms with Gasteiger partial charge in [-0.05, 0) is 24.1 Å². The first-order valence-electron chi connectivity index (χ1n) is 5.41. The number of carboxylic acid groups (broad SMARTS) is 1. The van der Waals surface area contributed by atoms with Gasteiger partial charge in [-0.1, -0.05) is 31.7 Å². The van der Waals surface area contributed by atoms with Gasteiger partial charge in [0, 0.05) is 0 Å². The van der Waals surface area contributed by atoms with Crippen LogP contribution < -0.4 is 10.5 Å². The molecular weight excluding hydrogens is 218 g/mol. The van der Waals surface area contributed by atoms with Crippen LogP contribution in [-0.2, 0) is 10.3 Å². The fourth-order valence-electron chi connectivity index (χ4n) is 1.48. The molecule has 3 N–H and O–H groups in total. The zero-order valence-electron chi connectivity index (χ0n) is 9.85. The normalized spacial score (nSPS) is 13.8. The van der Waals surface area contributed by atoms with E-state index in [1.54, 1.807) is 37.3 Å². The molecule has 92 valence electrons. The molecule has 0 unspecified atom stereocenters. The van der Waals surface area contributed by atoms with Crippen molar-refractivity contribution in [3.8, 4) is 5.75 Å². The Bertz CT molecular complexity index is 400. The van der Waals surface area contributed by atoms with Gasteiger partial charge in [0.2, 0.25) is 0 Å². The molecule has 0 heterocycles. The molecule has 0 aliphatic heterocycles. The number of nitrogens with two attached hydrogens (primary N) is 1. The number of carboxylic acids is 1. The van der Waals surface area contributed by atoms with Crippen molar-refractivity contribution in [1.29, 1.82) is 0 Å². The van der Waals surface area contributed by atoms with Crippen LogP contribution in [0.1, 0.15) is 18.9 Å². The largest absolute Gasteiger partial charge is 0.490 e. The number of hydrogen-bond donors (Lipinski definition) is 2. The highest BCUT2D eigenvalue weighted by Gasteiger charge is 2.33. The summed E-state index contributed by atoms with van der Waals surface area (Å²) in [5.74, 6) is -0.364. The van der Waals surface area contributed by atoms with Crippen molar-refractivity contribution in [3.63, 3.8) is 0 Å². The number of aliphatic carboxylic acids is 1. The van der Waals surface area contributed by atoms with Gasteiger partial charge in [-0.2, -0.15) is 0 Å². The lowest BCUT2D eigenvalue weighted by atomic mass is 9.88. The summed E-state index contributed by atoms with van der Waals surface area (Å²) in [6, 6.07) is 6.77. The predicted octanol–water partition coefficient (Wildman–Crippen LogP) is 1.90. The fourth-order valence-corrected chi connectivity index (χ4v) is 1.48. The van der Waals surface area contributed by atoms with Crippen LogP contribution in [0.5, 0.6) is 5.75 Å². The summed E-state index contributed by atoms with van der Waals surface area (Å²) in [6.45, 7) is 5.71. The second kappa shape index (κ2) is 5.50. The zero-order valence-corrected chi connectivity index (χ0v) is 9.85. The summed E-state index contributed by atoms with van der Waals surface area (Å²) in [7, 11) is 0. The molecule has 0 aromatic heterocycles. The Balaban J connectivity index is 2.93. The Kier molecular flexibility index (Phi) is 4.29. The van der Waals surface area contributed by atoms with Crippen LogP contribution in [0.3, 0.4) is 0 Å². The summed E-state index contributed by atoms with van der Waals surface area (Å²) in [5.41, 5.74) is 5.09. The first-order chi connectivity index (χ1) is 8.04. The molecule has 0 aliphatic rings. The summed E-state index contributed by atoms with van der Waals surface area (Å²) < 4.78 is 5.31. The van der Waals surface area contributed by atoms with Crippen LogP contribution in [0.25, 0.3) is 0 Å². The molecule has 1 rings (SSSR count). The minimum atomic E-state index is -1.34. The maximum Gasteiger partial charge on any atom is 0.328 e. The van der Waals surface area contributed by atoms with Crippen LogP contribution in [0.15, 0.2) is 36.9 Å². The van der Waals surface area contributed by atoms with E-state index < -0.39 is 11.5 Å². The highest BCUT2D eigenvalue weighted by Crippen LogP contribution is 2.24. The summed E-state index contributed by atoms with van der Waals surface area (Å²) in [6.07, 6.45) is 1.97. The highest BCUT2D eigenvalue weighted by atomic mass is 16.5. The van der Waals surface area contributed by atoms with Gasteiger partial charge in [0.15, 0.2) is 0 Å². The molecule has 0 saturated heterocycles. The molecule has 0 radical (unpaired) electrons. The van der Waals surface area contributed by atoms with E-state index in [1.165, 1.54) is 0 Å². The Morgan fingerprint density at radius 1 is 1.53 bits per heavy atom. The Morgan fingerprint density at radius 2 is 2.12 bits per heavy atom. The van der Waals surface area contributed by atoms with E-state index in [-0.39, 0.29) is 0 Å². The zero-order chi connectivity index (χ0) is 12.9. The van der Waals surface area contributed by atoms with E-state index in [9.17, 15) is 4.79 Å². The quantitative estimate of drug-likeness (QED) is 0.739. The molecule has 0 spiro atoms. The monoisotopic (exact) mass is 235 g/mol. The molecule has 1 aromatic rings. The van der Waals surface area contributed by atoms with E-state index in [1.807, 2.05) is 0 Å². The van der Waals surface area contributed by atoms with Crippen molar-refractivity contribution in [2.75, 3.05) is 6.61 Å². The number of carbonyl (C=O) groups is 1. The maximum atomic E-state index is 11.1. The third kappa shape index (κ3) is 2.85. The van der Waals surface area contributed by atoms with E-state index in [4.69, 9.17) is 15.6 Å². The molecule has 4 nitrogen and oxygen atoms in total. The maximum absolute atomic E-state index is 11.1. The number of hydrogen-bond acceptors (Lipinski definition) is 3. The lowest BCUT2D eigenvalue weighted by molar-refractivity contribution is -0.143. The molecule has 0 aliphatic carbocycles. The molecule has 4 heteroatoms. The van der Waals surface area contributed by atoms with E-state index in [0.29, 0.717) is 24.3 Å². The average molecular weight is 235 g/mol. The van der Waals surface area contributed by atoms with Crippen LogP contribution >= 0.6 is 0 Å². The van der Waals surface area contributed by atoms with Gasteiger partial charge in [-0.15, -0.1) is 0 Å². The average Bonchev–Trinajstić information content (AvgIpc) is 2.35. The summed E-state index contributed by atoms with van der Waals surface area (Å²) >= 11 is 0. The van der Waals surface area contributed by atoms with Crippen molar-refractivity contribution in [2.24, 2.45) is 5.73 Å². The molecular formula is C13H17NO3.